The van der Waals surface area contributed by atoms with Gasteiger partial charge >= 0.3 is 5.97 Å². The van der Waals surface area contributed by atoms with Crippen LogP contribution in [0.1, 0.15) is 15.9 Å². The normalized spacial score (nSPS) is 15.3. The van der Waals surface area contributed by atoms with Gasteiger partial charge in [0.15, 0.2) is 5.11 Å². The molecule has 1 aliphatic heterocycles. The first-order valence-corrected chi connectivity index (χ1v) is 9.62. The van der Waals surface area contributed by atoms with E-state index in [-0.39, 0.29) is 16.2 Å². The van der Waals surface area contributed by atoms with E-state index in [9.17, 15) is 14.4 Å². The highest BCUT2D eigenvalue weighted by molar-refractivity contribution is 7.80. The van der Waals surface area contributed by atoms with Crippen LogP contribution in [0.3, 0.4) is 0 Å². The lowest BCUT2D eigenvalue weighted by atomic mass is 9.99. The summed E-state index contributed by atoms with van der Waals surface area (Å²) in [6.45, 7) is 0. The molecular formula is C23H16N2O5S. The minimum absolute atomic E-state index is 0.0689. The number of fused-ring (bicyclic) bond motifs is 1. The number of hydrogen-bond donors (Lipinski definition) is 2. The van der Waals surface area contributed by atoms with Crippen LogP contribution in [-0.2, 0) is 9.59 Å². The summed E-state index contributed by atoms with van der Waals surface area (Å²) in [6.07, 6.45) is 1.49. The maximum absolute atomic E-state index is 13.3. The van der Waals surface area contributed by atoms with Crippen LogP contribution >= 0.6 is 12.2 Å². The van der Waals surface area contributed by atoms with Crippen molar-refractivity contribution in [1.82, 2.24) is 5.32 Å². The first-order chi connectivity index (χ1) is 14.9. The third-order valence-electron chi connectivity index (χ3n) is 4.91. The minimum Gasteiger partial charge on any atom is -0.496 e. The van der Waals surface area contributed by atoms with Gasteiger partial charge in [0, 0.05) is 5.56 Å². The van der Waals surface area contributed by atoms with Crippen LogP contribution < -0.4 is 15.0 Å². The largest absolute Gasteiger partial charge is 0.496 e. The fraction of sp³-hybridized carbons (Fsp3) is 0.0435. The molecule has 8 heteroatoms. The maximum Gasteiger partial charge on any atom is 0.335 e. The number of methoxy groups -OCH3 is 1. The standard InChI is InChI=1S/C23H16N2O5S/c1-30-19-11-8-13-4-2-3-5-16(13)17(19)12-18-20(26)24-23(31)25(21(18)27)15-9-6-14(7-10-15)22(28)29/h2-12H,1H3,(H,28,29)(H,24,26,31)/b18-12-. The van der Waals surface area contributed by atoms with Gasteiger partial charge in [0.05, 0.1) is 18.4 Å². The molecule has 1 heterocycles. The third kappa shape index (κ3) is 3.64. The summed E-state index contributed by atoms with van der Waals surface area (Å²) >= 11 is 5.20. The molecule has 1 aliphatic rings. The van der Waals surface area contributed by atoms with E-state index in [1.54, 1.807) is 6.07 Å². The van der Waals surface area contributed by atoms with Crippen molar-refractivity contribution < 1.29 is 24.2 Å². The summed E-state index contributed by atoms with van der Waals surface area (Å²) in [5, 5.41) is 13.3. The number of carboxylic acid groups (broad SMARTS) is 1. The summed E-state index contributed by atoms with van der Waals surface area (Å²) in [5.74, 6) is -1.82. The van der Waals surface area contributed by atoms with Crippen molar-refractivity contribution in [3.8, 4) is 5.75 Å². The Balaban J connectivity index is 1.82. The molecule has 0 unspecified atom stereocenters. The molecule has 0 atom stereocenters. The molecular weight excluding hydrogens is 416 g/mol. The van der Waals surface area contributed by atoms with Gasteiger partial charge in [-0.1, -0.05) is 30.3 Å². The molecule has 2 amide bonds. The van der Waals surface area contributed by atoms with Crippen molar-refractivity contribution in [2.24, 2.45) is 0 Å². The molecule has 1 saturated heterocycles. The van der Waals surface area contributed by atoms with Crippen LogP contribution in [0, 0.1) is 0 Å². The number of aromatic carboxylic acids is 1. The lowest BCUT2D eigenvalue weighted by Gasteiger charge is -2.29. The van der Waals surface area contributed by atoms with Gasteiger partial charge in [0.2, 0.25) is 0 Å². The number of amides is 2. The van der Waals surface area contributed by atoms with E-state index in [0.717, 1.165) is 15.7 Å². The molecule has 3 aromatic carbocycles. The number of hydrogen-bond acceptors (Lipinski definition) is 5. The van der Waals surface area contributed by atoms with E-state index in [0.29, 0.717) is 17.0 Å². The Morgan fingerprint density at radius 3 is 2.45 bits per heavy atom. The zero-order valence-electron chi connectivity index (χ0n) is 16.3. The van der Waals surface area contributed by atoms with Gasteiger partial charge in [-0.2, -0.15) is 0 Å². The van der Waals surface area contributed by atoms with Gasteiger partial charge in [-0.3, -0.25) is 19.8 Å². The highest BCUT2D eigenvalue weighted by Crippen LogP contribution is 2.31. The van der Waals surface area contributed by atoms with Gasteiger partial charge in [-0.25, -0.2) is 4.79 Å². The molecule has 154 valence electrons. The van der Waals surface area contributed by atoms with Crippen LogP contribution in [0.15, 0.2) is 66.2 Å². The number of rotatable bonds is 4. The zero-order valence-corrected chi connectivity index (χ0v) is 17.1. The number of carbonyl (C=O) groups is 3. The van der Waals surface area contributed by atoms with Crippen molar-refractivity contribution >= 4 is 57.6 Å². The molecule has 0 saturated carbocycles. The second kappa shape index (κ2) is 8.00. The molecule has 0 aliphatic carbocycles. The highest BCUT2D eigenvalue weighted by Gasteiger charge is 2.34. The Labute approximate surface area is 182 Å². The number of carboxylic acids is 1. The second-order valence-corrected chi connectivity index (χ2v) is 7.10. The lowest BCUT2D eigenvalue weighted by molar-refractivity contribution is -0.122. The summed E-state index contributed by atoms with van der Waals surface area (Å²) in [7, 11) is 1.51. The SMILES string of the molecule is COc1ccc2ccccc2c1/C=C1/C(=O)NC(=S)N(c2ccc(C(=O)O)cc2)C1=O. The molecule has 2 N–H and O–H groups in total. The molecule has 0 bridgehead atoms. The number of thiocarbonyl (C=S) groups is 1. The average molecular weight is 432 g/mol. The quantitative estimate of drug-likeness (QED) is 0.373. The number of anilines is 1. The van der Waals surface area contributed by atoms with Gasteiger partial charge in [-0.05, 0) is 59.4 Å². The predicted octanol–water partition coefficient (Wildman–Crippen LogP) is 3.38. The topological polar surface area (TPSA) is 95.9 Å². The Bertz CT molecular complexity index is 1280. The maximum atomic E-state index is 13.3. The van der Waals surface area contributed by atoms with Crippen molar-refractivity contribution in [3.63, 3.8) is 0 Å². The highest BCUT2D eigenvalue weighted by atomic mass is 32.1. The van der Waals surface area contributed by atoms with Gasteiger partial charge < -0.3 is 9.84 Å². The summed E-state index contributed by atoms with van der Waals surface area (Å²) < 4.78 is 5.45. The monoisotopic (exact) mass is 432 g/mol. The van der Waals surface area contributed by atoms with E-state index < -0.39 is 17.8 Å². The second-order valence-electron chi connectivity index (χ2n) is 6.71. The van der Waals surface area contributed by atoms with Crippen LogP contribution in [0.5, 0.6) is 5.75 Å². The number of benzene rings is 3. The van der Waals surface area contributed by atoms with Crippen molar-refractivity contribution in [3.05, 3.63) is 77.4 Å². The summed E-state index contributed by atoms with van der Waals surface area (Å²) in [4.78, 5) is 38.2. The molecule has 4 rings (SSSR count). The van der Waals surface area contributed by atoms with Crippen LogP contribution in [0.25, 0.3) is 16.8 Å². The predicted molar refractivity (Wildman–Crippen MR) is 120 cm³/mol. The van der Waals surface area contributed by atoms with E-state index in [1.807, 2.05) is 30.3 Å². The lowest BCUT2D eigenvalue weighted by Crippen LogP contribution is -2.54. The van der Waals surface area contributed by atoms with Crippen LogP contribution in [-0.4, -0.2) is 35.1 Å². The van der Waals surface area contributed by atoms with Crippen molar-refractivity contribution in [2.45, 2.75) is 0 Å². The zero-order chi connectivity index (χ0) is 22.1. The van der Waals surface area contributed by atoms with Crippen molar-refractivity contribution in [1.29, 1.82) is 0 Å². The van der Waals surface area contributed by atoms with Gasteiger partial charge in [0.25, 0.3) is 11.8 Å². The van der Waals surface area contributed by atoms with E-state index >= 15 is 0 Å². The number of carbonyl (C=O) groups excluding carboxylic acids is 2. The fourth-order valence-electron chi connectivity index (χ4n) is 3.39. The van der Waals surface area contributed by atoms with E-state index in [2.05, 4.69) is 5.32 Å². The van der Waals surface area contributed by atoms with Crippen LogP contribution in [0.2, 0.25) is 0 Å². The Kier molecular flexibility index (Phi) is 5.22. The number of ether oxygens (including phenoxy) is 1. The summed E-state index contributed by atoms with van der Waals surface area (Å²) in [5.41, 5.74) is 0.883. The molecule has 3 aromatic rings. The third-order valence-corrected chi connectivity index (χ3v) is 5.20. The first-order valence-electron chi connectivity index (χ1n) is 9.21. The molecule has 7 nitrogen and oxygen atoms in total. The molecule has 0 radical (unpaired) electrons. The molecule has 31 heavy (non-hydrogen) atoms. The summed E-state index contributed by atoms with van der Waals surface area (Å²) in [6, 6.07) is 16.9. The van der Waals surface area contributed by atoms with E-state index in [1.165, 1.54) is 37.5 Å². The minimum atomic E-state index is -1.09. The van der Waals surface area contributed by atoms with Crippen molar-refractivity contribution in [2.75, 3.05) is 12.0 Å². The van der Waals surface area contributed by atoms with E-state index in [4.69, 9.17) is 22.1 Å². The Morgan fingerprint density at radius 1 is 1.06 bits per heavy atom. The Hall–Kier alpha value is -4.04. The number of nitrogens with zero attached hydrogens (tertiary/aromatic N) is 1. The van der Waals surface area contributed by atoms with Gasteiger partial charge in [-0.15, -0.1) is 0 Å². The Morgan fingerprint density at radius 2 is 1.77 bits per heavy atom. The average Bonchev–Trinajstić information content (AvgIpc) is 2.76. The molecule has 0 aromatic heterocycles. The molecule has 0 spiro atoms. The number of nitrogens with one attached hydrogen (secondary N) is 1. The fourth-order valence-corrected chi connectivity index (χ4v) is 3.67. The van der Waals surface area contributed by atoms with Crippen LogP contribution in [0.4, 0.5) is 5.69 Å². The molecule has 1 fully saturated rings. The smallest absolute Gasteiger partial charge is 0.335 e. The van der Waals surface area contributed by atoms with Gasteiger partial charge in [0.1, 0.15) is 11.3 Å². The first kappa shape index (κ1) is 20.2.